The number of azo groups is 1. The second-order valence-electron chi connectivity index (χ2n) is 4.34. The Morgan fingerprint density at radius 2 is 1.20 bits per heavy atom. The molecule has 0 saturated heterocycles. The summed E-state index contributed by atoms with van der Waals surface area (Å²) in [4.78, 5) is 0. The fourth-order valence-electron chi connectivity index (χ4n) is 2.01. The normalized spacial score (nSPS) is 11.2. The summed E-state index contributed by atoms with van der Waals surface area (Å²) in [5, 5.41) is 29.2. The second-order valence-corrected chi connectivity index (χ2v) is 4.34. The van der Waals surface area contributed by atoms with Crippen LogP contribution in [0.2, 0.25) is 0 Å². The molecule has 0 aliphatic carbocycles. The van der Waals surface area contributed by atoms with Gasteiger partial charge in [0.1, 0.15) is 17.2 Å². The van der Waals surface area contributed by atoms with Gasteiger partial charge in [-0.25, -0.2) is 0 Å². The van der Waals surface area contributed by atoms with Crippen molar-refractivity contribution >= 4 is 22.1 Å². The van der Waals surface area contributed by atoms with Crippen molar-refractivity contribution in [2.75, 3.05) is 0 Å². The van der Waals surface area contributed by atoms with Crippen molar-refractivity contribution in [2.24, 2.45) is 10.2 Å². The topological polar surface area (TPSA) is 65.2 Å². The highest BCUT2D eigenvalue weighted by Gasteiger charge is 2.04. The summed E-state index contributed by atoms with van der Waals surface area (Å²) in [6, 6.07) is 17.4. The Balaban J connectivity index is 2.08. The molecule has 0 aliphatic heterocycles. The first-order valence-corrected chi connectivity index (χ1v) is 6.16. The van der Waals surface area contributed by atoms with E-state index in [0.717, 1.165) is 10.8 Å². The monoisotopic (exact) mass is 264 g/mol. The Hall–Kier alpha value is -2.88. The molecular weight excluding hydrogens is 252 g/mol. The second kappa shape index (κ2) is 5.01. The lowest BCUT2D eigenvalue weighted by atomic mass is 10.1. The van der Waals surface area contributed by atoms with Crippen molar-refractivity contribution in [2.45, 2.75) is 0 Å². The molecule has 0 radical (unpaired) electrons. The van der Waals surface area contributed by atoms with Crippen LogP contribution < -0.4 is 0 Å². The van der Waals surface area contributed by atoms with Crippen LogP contribution in [0, 0.1) is 0 Å². The smallest absolute Gasteiger partial charge is 0.143 e. The highest BCUT2D eigenvalue weighted by atomic mass is 16.3. The first kappa shape index (κ1) is 12.2. The molecule has 0 atom stereocenters. The summed E-state index contributed by atoms with van der Waals surface area (Å²) in [6.45, 7) is 0. The lowest BCUT2D eigenvalue weighted by molar-refractivity contribution is 0.476. The van der Waals surface area contributed by atoms with Crippen LogP contribution in [0.5, 0.6) is 11.5 Å². The SMILES string of the molecule is Oc1ccccc1N=Nc1ccc(O)c2ccccc12. The van der Waals surface area contributed by atoms with Gasteiger partial charge in [-0.05, 0) is 24.3 Å². The highest BCUT2D eigenvalue weighted by Crippen LogP contribution is 2.34. The van der Waals surface area contributed by atoms with E-state index in [4.69, 9.17) is 0 Å². The molecule has 3 aromatic carbocycles. The zero-order chi connectivity index (χ0) is 13.9. The van der Waals surface area contributed by atoms with Gasteiger partial charge in [0.05, 0.1) is 5.69 Å². The standard InChI is InChI=1S/C16H12N2O2/c19-15-10-9-13(11-5-1-2-6-12(11)15)17-18-14-7-3-4-8-16(14)20/h1-10,19-20H. The predicted octanol–water partition coefficient (Wildman–Crippen LogP) is 4.67. The van der Waals surface area contributed by atoms with E-state index in [0.29, 0.717) is 11.4 Å². The van der Waals surface area contributed by atoms with Gasteiger partial charge < -0.3 is 10.2 Å². The zero-order valence-corrected chi connectivity index (χ0v) is 10.6. The maximum absolute atomic E-state index is 9.81. The van der Waals surface area contributed by atoms with Crippen molar-refractivity contribution in [3.63, 3.8) is 0 Å². The molecule has 0 aromatic heterocycles. The third-order valence-corrected chi connectivity index (χ3v) is 3.03. The van der Waals surface area contributed by atoms with Gasteiger partial charge in [-0.3, -0.25) is 0 Å². The molecule has 0 saturated carbocycles. The van der Waals surface area contributed by atoms with Gasteiger partial charge in [-0.2, -0.15) is 0 Å². The number of benzene rings is 3. The van der Waals surface area contributed by atoms with Gasteiger partial charge >= 0.3 is 0 Å². The van der Waals surface area contributed by atoms with Crippen LogP contribution in [0.3, 0.4) is 0 Å². The molecule has 3 rings (SSSR count). The lowest BCUT2D eigenvalue weighted by Gasteiger charge is -2.03. The summed E-state index contributed by atoms with van der Waals surface area (Å²) in [6.07, 6.45) is 0. The average Bonchev–Trinajstić information content (AvgIpc) is 2.48. The number of rotatable bonds is 2. The van der Waals surface area contributed by atoms with E-state index in [9.17, 15) is 10.2 Å². The number of para-hydroxylation sites is 1. The Morgan fingerprint density at radius 3 is 2.00 bits per heavy atom. The van der Waals surface area contributed by atoms with Gasteiger partial charge in [-0.1, -0.05) is 36.4 Å². The summed E-state index contributed by atoms with van der Waals surface area (Å²) in [5.74, 6) is 0.293. The molecule has 0 bridgehead atoms. The van der Waals surface area contributed by atoms with Crippen molar-refractivity contribution in [1.82, 2.24) is 0 Å². The largest absolute Gasteiger partial charge is 0.507 e. The average molecular weight is 264 g/mol. The number of phenols is 2. The third-order valence-electron chi connectivity index (χ3n) is 3.03. The minimum atomic E-state index is 0.0827. The van der Waals surface area contributed by atoms with E-state index in [1.54, 1.807) is 36.4 Å². The zero-order valence-electron chi connectivity index (χ0n) is 10.6. The van der Waals surface area contributed by atoms with E-state index in [1.165, 1.54) is 0 Å². The Kier molecular flexibility index (Phi) is 3.05. The minimum Gasteiger partial charge on any atom is -0.507 e. The van der Waals surface area contributed by atoms with Gasteiger partial charge in [0.25, 0.3) is 0 Å². The van der Waals surface area contributed by atoms with Crippen molar-refractivity contribution < 1.29 is 10.2 Å². The molecule has 20 heavy (non-hydrogen) atoms. The minimum absolute atomic E-state index is 0.0827. The van der Waals surface area contributed by atoms with Crippen LogP contribution >= 0.6 is 0 Å². The van der Waals surface area contributed by atoms with Gasteiger partial charge in [-0.15, -0.1) is 10.2 Å². The van der Waals surface area contributed by atoms with E-state index < -0.39 is 0 Å². The van der Waals surface area contributed by atoms with Gasteiger partial charge in [0, 0.05) is 10.8 Å². The molecule has 4 nitrogen and oxygen atoms in total. The molecule has 0 heterocycles. The van der Waals surface area contributed by atoms with Gasteiger partial charge in [0.15, 0.2) is 0 Å². The third kappa shape index (κ3) is 2.19. The molecular formula is C16H12N2O2. The van der Waals surface area contributed by atoms with Crippen LogP contribution in [0.25, 0.3) is 10.8 Å². The van der Waals surface area contributed by atoms with Crippen molar-refractivity contribution in [3.05, 3.63) is 60.7 Å². The Labute approximate surface area is 115 Å². The number of hydrogen-bond acceptors (Lipinski definition) is 4. The quantitative estimate of drug-likeness (QED) is 0.661. The summed E-state index contributed by atoms with van der Waals surface area (Å²) >= 11 is 0. The Bertz CT molecular complexity index is 797. The van der Waals surface area contributed by atoms with Crippen LogP contribution in [0.4, 0.5) is 11.4 Å². The summed E-state index contributed by atoms with van der Waals surface area (Å²) in [7, 11) is 0. The molecule has 2 N–H and O–H groups in total. The van der Waals surface area contributed by atoms with E-state index in [1.807, 2.05) is 24.3 Å². The van der Waals surface area contributed by atoms with Crippen LogP contribution in [0.1, 0.15) is 0 Å². The number of phenolic OH excluding ortho intramolecular Hbond substituents is 2. The summed E-state index contributed by atoms with van der Waals surface area (Å²) < 4.78 is 0. The molecule has 0 spiro atoms. The first-order valence-electron chi connectivity index (χ1n) is 6.16. The van der Waals surface area contributed by atoms with Crippen molar-refractivity contribution in [3.8, 4) is 11.5 Å². The van der Waals surface area contributed by atoms with Gasteiger partial charge in [0.2, 0.25) is 0 Å². The van der Waals surface area contributed by atoms with Crippen LogP contribution in [-0.2, 0) is 0 Å². The molecule has 0 aliphatic rings. The molecule has 0 unspecified atom stereocenters. The molecule has 0 amide bonds. The maximum Gasteiger partial charge on any atom is 0.143 e. The van der Waals surface area contributed by atoms with E-state index >= 15 is 0 Å². The van der Waals surface area contributed by atoms with Crippen LogP contribution in [-0.4, -0.2) is 10.2 Å². The summed E-state index contributed by atoms with van der Waals surface area (Å²) in [5.41, 5.74) is 1.05. The fourth-order valence-corrected chi connectivity index (χ4v) is 2.01. The molecule has 4 heteroatoms. The number of nitrogens with zero attached hydrogens (tertiary/aromatic N) is 2. The fraction of sp³-hybridized carbons (Fsp3) is 0. The Morgan fingerprint density at radius 1 is 0.550 bits per heavy atom. The van der Waals surface area contributed by atoms with Crippen molar-refractivity contribution in [1.29, 1.82) is 0 Å². The first-order chi connectivity index (χ1) is 9.75. The number of aromatic hydroxyl groups is 2. The number of hydrogen-bond donors (Lipinski definition) is 2. The number of fused-ring (bicyclic) bond motifs is 1. The highest BCUT2D eigenvalue weighted by molar-refractivity contribution is 5.96. The maximum atomic E-state index is 9.81. The van der Waals surface area contributed by atoms with Crippen LogP contribution in [0.15, 0.2) is 70.9 Å². The van der Waals surface area contributed by atoms with E-state index in [2.05, 4.69) is 10.2 Å². The molecule has 3 aromatic rings. The van der Waals surface area contributed by atoms with E-state index in [-0.39, 0.29) is 11.5 Å². The lowest BCUT2D eigenvalue weighted by Crippen LogP contribution is -1.74. The molecule has 0 fully saturated rings. The predicted molar refractivity (Wildman–Crippen MR) is 77.9 cm³/mol. The molecule has 98 valence electrons.